The highest BCUT2D eigenvalue weighted by Crippen LogP contribution is 2.22. The molecule has 0 unspecified atom stereocenters. The van der Waals surface area contributed by atoms with Crippen LogP contribution in [-0.2, 0) is 11.2 Å². The van der Waals surface area contributed by atoms with Crippen LogP contribution in [0.2, 0.25) is 0 Å². The molecule has 0 radical (unpaired) electrons. The maximum Gasteiger partial charge on any atom is 0.254 e. The van der Waals surface area contributed by atoms with E-state index in [0.717, 1.165) is 12.0 Å². The van der Waals surface area contributed by atoms with E-state index < -0.39 is 0 Å². The van der Waals surface area contributed by atoms with Crippen molar-refractivity contribution < 1.29 is 9.53 Å². The van der Waals surface area contributed by atoms with Crippen LogP contribution in [0.15, 0.2) is 59.3 Å². The third kappa shape index (κ3) is 3.07. The number of morpholine rings is 1. The van der Waals surface area contributed by atoms with Gasteiger partial charge in [0, 0.05) is 24.9 Å². The fraction of sp³-hybridized carbons (Fsp3) is 0.250. The lowest BCUT2D eigenvalue weighted by molar-refractivity contribution is -0.0206. The Morgan fingerprint density at radius 1 is 1.17 bits per heavy atom. The third-order valence-electron chi connectivity index (χ3n) is 4.52. The molecule has 3 nitrogen and oxygen atoms in total. The summed E-state index contributed by atoms with van der Waals surface area (Å²) in [5.74, 6) is 0.113. The van der Waals surface area contributed by atoms with Gasteiger partial charge in [-0.15, -0.1) is 0 Å². The molecule has 122 valence electrons. The molecule has 0 bridgehead atoms. The van der Waals surface area contributed by atoms with Gasteiger partial charge < -0.3 is 9.64 Å². The van der Waals surface area contributed by atoms with Crippen LogP contribution >= 0.6 is 11.3 Å². The van der Waals surface area contributed by atoms with Gasteiger partial charge in [0.1, 0.15) is 0 Å². The predicted octanol–water partition coefficient (Wildman–Crippen LogP) is 3.99. The summed E-state index contributed by atoms with van der Waals surface area (Å²) < 4.78 is 5.94. The van der Waals surface area contributed by atoms with Crippen molar-refractivity contribution >= 4 is 28.0 Å². The highest BCUT2D eigenvalue weighted by atomic mass is 32.1. The number of carbonyl (C=O) groups is 1. The van der Waals surface area contributed by atoms with Gasteiger partial charge in [0.2, 0.25) is 0 Å². The maximum atomic E-state index is 12.5. The third-order valence-corrected chi connectivity index (χ3v) is 5.20. The van der Waals surface area contributed by atoms with Crippen LogP contribution < -0.4 is 0 Å². The number of thiophene rings is 1. The summed E-state index contributed by atoms with van der Waals surface area (Å²) in [7, 11) is 0. The summed E-state index contributed by atoms with van der Waals surface area (Å²) in [5, 5.41) is 6.38. The first-order valence-electron chi connectivity index (χ1n) is 8.21. The molecule has 2 heterocycles. The molecule has 4 heteroatoms. The summed E-state index contributed by atoms with van der Waals surface area (Å²) >= 11 is 1.56. The predicted molar refractivity (Wildman–Crippen MR) is 97.6 cm³/mol. The van der Waals surface area contributed by atoms with Crippen LogP contribution in [0.3, 0.4) is 0 Å². The topological polar surface area (TPSA) is 29.5 Å². The highest BCUT2D eigenvalue weighted by Gasteiger charge is 2.25. The fourth-order valence-corrected chi connectivity index (χ4v) is 3.94. The Morgan fingerprint density at radius 3 is 2.92 bits per heavy atom. The first kappa shape index (κ1) is 15.4. The van der Waals surface area contributed by atoms with Gasteiger partial charge in [-0.3, -0.25) is 4.79 Å². The lowest BCUT2D eigenvalue weighted by Gasteiger charge is -2.33. The van der Waals surface area contributed by atoms with Gasteiger partial charge in [0.05, 0.1) is 18.3 Å². The van der Waals surface area contributed by atoms with Crippen LogP contribution in [0.25, 0.3) is 10.8 Å². The van der Waals surface area contributed by atoms with E-state index in [0.29, 0.717) is 19.7 Å². The Bertz CT molecular complexity index is 838. The standard InChI is InChI=1S/C20H19NO2S/c22-20(17-8-11-24-14-17)21-9-10-23-18(13-21)12-16-6-3-5-15-4-1-2-7-19(15)16/h1-8,11,14,18H,9-10,12-13H2/t18-/m1/s1. The molecule has 0 N–H and O–H groups in total. The van der Waals surface area contributed by atoms with Gasteiger partial charge in [-0.05, 0) is 27.8 Å². The zero-order chi connectivity index (χ0) is 16.4. The molecule has 1 aromatic heterocycles. The molecule has 2 aromatic carbocycles. The minimum atomic E-state index is 0.0483. The quantitative estimate of drug-likeness (QED) is 0.723. The summed E-state index contributed by atoms with van der Waals surface area (Å²) in [6, 6.07) is 16.7. The number of hydrogen-bond donors (Lipinski definition) is 0. The molecule has 1 aliphatic rings. The molecular weight excluding hydrogens is 318 g/mol. The zero-order valence-corrected chi connectivity index (χ0v) is 14.2. The van der Waals surface area contributed by atoms with Crippen LogP contribution in [0, 0.1) is 0 Å². The summed E-state index contributed by atoms with van der Waals surface area (Å²) in [4.78, 5) is 14.5. The lowest BCUT2D eigenvalue weighted by atomic mass is 9.99. The second kappa shape index (κ2) is 6.75. The highest BCUT2D eigenvalue weighted by molar-refractivity contribution is 7.08. The minimum Gasteiger partial charge on any atom is -0.374 e. The molecule has 1 atom stereocenters. The van der Waals surface area contributed by atoms with Crippen LogP contribution in [-0.4, -0.2) is 36.6 Å². The Kier molecular flexibility index (Phi) is 4.32. The van der Waals surface area contributed by atoms with Crippen molar-refractivity contribution in [1.82, 2.24) is 4.90 Å². The summed E-state index contributed by atoms with van der Waals surface area (Å²) in [6.45, 7) is 1.92. The van der Waals surface area contributed by atoms with Crippen molar-refractivity contribution in [2.45, 2.75) is 12.5 Å². The van der Waals surface area contributed by atoms with Gasteiger partial charge in [-0.25, -0.2) is 0 Å². The zero-order valence-electron chi connectivity index (χ0n) is 13.4. The summed E-state index contributed by atoms with van der Waals surface area (Å²) in [5.41, 5.74) is 2.06. The van der Waals surface area contributed by atoms with E-state index in [1.54, 1.807) is 11.3 Å². The molecule has 4 rings (SSSR count). The van der Waals surface area contributed by atoms with Crippen molar-refractivity contribution in [2.75, 3.05) is 19.7 Å². The van der Waals surface area contributed by atoms with Crippen molar-refractivity contribution in [3.8, 4) is 0 Å². The van der Waals surface area contributed by atoms with E-state index >= 15 is 0 Å². The largest absolute Gasteiger partial charge is 0.374 e. The smallest absolute Gasteiger partial charge is 0.254 e. The minimum absolute atomic E-state index is 0.0483. The van der Waals surface area contributed by atoms with Gasteiger partial charge in [-0.2, -0.15) is 11.3 Å². The molecule has 1 aliphatic heterocycles. The molecule has 0 spiro atoms. The molecule has 0 saturated carbocycles. The molecule has 1 saturated heterocycles. The van der Waals surface area contributed by atoms with E-state index in [9.17, 15) is 4.79 Å². The van der Waals surface area contributed by atoms with Crippen molar-refractivity contribution in [2.24, 2.45) is 0 Å². The number of ether oxygens (including phenoxy) is 1. The SMILES string of the molecule is O=C(c1ccsc1)N1CCO[C@H](Cc2cccc3ccccc23)C1. The number of nitrogens with zero attached hydrogens (tertiary/aromatic N) is 1. The van der Waals surface area contributed by atoms with Crippen molar-refractivity contribution in [1.29, 1.82) is 0 Å². The first-order valence-corrected chi connectivity index (χ1v) is 9.15. The normalized spacial score (nSPS) is 18.0. The monoisotopic (exact) mass is 337 g/mol. The number of amides is 1. The lowest BCUT2D eigenvalue weighted by Crippen LogP contribution is -2.46. The second-order valence-electron chi connectivity index (χ2n) is 6.10. The Hall–Kier alpha value is -2.17. The number of fused-ring (bicyclic) bond motifs is 1. The number of hydrogen-bond acceptors (Lipinski definition) is 3. The van der Waals surface area contributed by atoms with Crippen LogP contribution in [0.5, 0.6) is 0 Å². The van der Waals surface area contributed by atoms with Crippen LogP contribution in [0.4, 0.5) is 0 Å². The van der Waals surface area contributed by atoms with E-state index in [1.807, 2.05) is 21.7 Å². The average molecular weight is 337 g/mol. The van der Waals surface area contributed by atoms with Crippen molar-refractivity contribution in [3.05, 3.63) is 70.4 Å². The number of carbonyl (C=O) groups excluding carboxylic acids is 1. The van der Waals surface area contributed by atoms with E-state index in [1.165, 1.54) is 16.3 Å². The molecule has 1 fully saturated rings. The van der Waals surface area contributed by atoms with E-state index in [4.69, 9.17) is 4.74 Å². The van der Waals surface area contributed by atoms with Gasteiger partial charge in [-0.1, -0.05) is 42.5 Å². The van der Waals surface area contributed by atoms with Gasteiger partial charge >= 0.3 is 0 Å². The molecule has 1 amide bonds. The molecular formula is C20H19NO2S. The molecule has 0 aliphatic carbocycles. The maximum absolute atomic E-state index is 12.5. The first-order chi connectivity index (χ1) is 11.8. The van der Waals surface area contributed by atoms with Gasteiger partial charge in [0.25, 0.3) is 5.91 Å². The summed E-state index contributed by atoms with van der Waals surface area (Å²) in [6.07, 6.45) is 0.876. The number of rotatable bonds is 3. The fourth-order valence-electron chi connectivity index (χ4n) is 3.31. The molecule has 24 heavy (non-hydrogen) atoms. The average Bonchev–Trinajstić information content (AvgIpc) is 3.16. The van der Waals surface area contributed by atoms with Gasteiger partial charge in [0.15, 0.2) is 0 Å². The van der Waals surface area contributed by atoms with E-state index in [2.05, 4.69) is 42.5 Å². The van der Waals surface area contributed by atoms with Crippen molar-refractivity contribution in [3.63, 3.8) is 0 Å². The Morgan fingerprint density at radius 2 is 2.04 bits per heavy atom. The second-order valence-corrected chi connectivity index (χ2v) is 6.88. The number of benzene rings is 2. The Labute approximate surface area is 145 Å². The Balaban J connectivity index is 1.51. The van der Waals surface area contributed by atoms with Crippen LogP contribution in [0.1, 0.15) is 15.9 Å². The van der Waals surface area contributed by atoms with E-state index in [-0.39, 0.29) is 12.0 Å². The molecule has 3 aromatic rings.